The van der Waals surface area contributed by atoms with Gasteiger partial charge in [-0.2, -0.15) is 0 Å². The van der Waals surface area contributed by atoms with E-state index < -0.39 is 0 Å². The van der Waals surface area contributed by atoms with E-state index in [1.165, 1.54) is 27.8 Å². The first-order valence-electron chi connectivity index (χ1n) is 8.63. The summed E-state index contributed by atoms with van der Waals surface area (Å²) in [6.07, 6.45) is 2.02. The Morgan fingerprint density at radius 2 is 1.83 bits per heavy atom. The van der Waals surface area contributed by atoms with Crippen molar-refractivity contribution in [2.45, 2.75) is 45.9 Å². The number of hydrogen-bond donors (Lipinski definition) is 1. The van der Waals surface area contributed by atoms with Gasteiger partial charge in [-0.3, -0.25) is 4.79 Å². The molecule has 0 aliphatic rings. The van der Waals surface area contributed by atoms with Crippen molar-refractivity contribution >= 4 is 17.7 Å². The lowest BCUT2D eigenvalue weighted by Crippen LogP contribution is -2.25. The molecule has 1 amide bonds. The van der Waals surface area contributed by atoms with Gasteiger partial charge in [0.1, 0.15) is 0 Å². The van der Waals surface area contributed by atoms with Crippen LogP contribution in [0.3, 0.4) is 0 Å². The van der Waals surface area contributed by atoms with Crippen molar-refractivity contribution in [3.05, 3.63) is 70.3 Å². The lowest BCUT2D eigenvalue weighted by molar-refractivity contribution is -0.118. The van der Waals surface area contributed by atoms with Crippen molar-refractivity contribution in [3.8, 4) is 0 Å². The van der Waals surface area contributed by atoms with Gasteiger partial charge in [0, 0.05) is 12.3 Å². The fourth-order valence-corrected chi connectivity index (χ4v) is 3.52. The lowest BCUT2D eigenvalue weighted by Gasteiger charge is -2.11. The Balaban J connectivity index is 1.81. The Hall–Kier alpha value is -1.74. The molecule has 2 aromatic carbocycles. The number of carbonyl (C=O) groups is 1. The molecule has 0 aromatic heterocycles. The van der Waals surface area contributed by atoms with Gasteiger partial charge in [0.05, 0.1) is 5.75 Å². The highest BCUT2D eigenvalue weighted by Crippen LogP contribution is 2.15. The van der Waals surface area contributed by atoms with Gasteiger partial charge in [-0.1, -0.05) is 61.9 Å². The van der Waals surface area contributed by atoms with Crippen LogP contribution >= 0.6 is 11.8 Å². The van der Waals surface area contributed by atoms with Crippen LogP contribution in [0.25, 0.3) is 0 Å². The van der Waals surface area contributed by atoms with E-state index in [1.54, 1.807) is 11.8 Å². The van der Waals surface area contributed by atoms with E-state index in [0.29, 0.717) is 12.3 Å². The summed E-state index contributed by atoms with van der Waals surface area (Å²) >= 11 is 1.66. The van der Waals surface area contributed by atoms with Crippen LogP contribution in [0, 0.1) is 6.92 Å². The highest BCUT2D eigenvalue weighted by atomic mass is 32.2. The maximum Gasteiger partial charge on any atom is 0.230 e. The topological polar surface area (TPSA) is 29.1 Å². The molecule has 0 saturated heterocycles. The van der Waals surface area contributed by atoms with Gasteiger partial charge in [0.25, 0.3) is 0 Å². The van der Waals surface area contributed by atoms with E-state index >= 15 is 0 Å². The van der Waals surface area contributed by atoms with Crippen LogP contribution in [0.5, 0.6) is 0 Å². The van der Waals surface area contributed by atoms with Crippen LogP contribution in [0.15, 0.2) is 42.5 Å². The number of carbonyl (C=O) groups excluding carboxylic acids is 1. The predicted octanol–water partition coefficient (Wildman–Crippen LogP) is 4.67. The number of thioether (sulfide) groups is 1. The summed E-state index contributed by atoms with van der Waals surface area (Å²) < 4.78 is 0. The second-order valence-corrected chi connectivity index (χ2v) is 7.05. The van der Waals surface area contributed by atoms with E-state index in [9.17, 15) is 4.79 Å². The van der Waals surface area contributed by atoms with Gasteiger partial charge >= 0.3 is 0 Å². The third-order valence-corrected chi connectivity index (χ3v) is 5.12. The van der Waals surface area contributed by atoms with Crippen molar-refractivity contribution in [2.24, 2.45) is 0 Å². The summed E-state index contributed by atoms with van der Waals surface area (Å²) in [5.41, 5.74) is 6.43. The Kier molecular flexibility index (Phi) is 7.38. The molecule has 0 spiro atoms. The first-order valence-corrected chi connectivity index (χ1v) is 9.78. The van der Waals surface area contributed by atoms with Gasteiger partial charge in [0.15, 0.2) is 0 Å². The Bertz CT molecular complexity index is 681. The summed E-state index contributed by atoms with van der Waals surface area (Å²) in [6, 6.07) is 15.0. The van der Waals surface area contributed by atoms with Gasteiger partial charge in [-0.15, -0.1) is 11.8 Å². The molecule has 2 nitrogen and oxygen atoms in total. The quantitative estimate of drug-likeness (QED) is 0.756. The van der Waals surface area contributed by atoms with E-state index in [-0.39, 0.29) is 5.91 Å². The van der Waals surface area contributed by atoms with Gasteiger partial charge < -0.3 is 5.32 Å². The molecule has 0 radical (unpaired) electrons. The molecule has 3 heteroatoms. The molecular weight excluding hydrogens is 314 g/mol. The molecule has 2 rings (SSSR count). The van der Waals surface area contributed by atoms with E-state index in [4.69, 9.17) is 0 Å². The monoisotopic (exact) mass is 341 g/mol. The number of rotatable bonds is 8. The third kappa shape index (κ3) is 5.72. The van der Waals surface area contributed by atoms with Crippen molar-refractivity contribution in [1.82, 2.24) is 5.32 Å². The normalized spacial score (nSPS) is 10.6. The SMILES string of the molecule is CCc1ccc(CC)c(CNC(=O)CSCc2cccc(C)c2)c1. The van der Waals surface area contributed by atoms with E-state index in [1.807, 2.05) is 0 Å². The number of hydrogen-bond acceptors (Lipinski definition) is 2. The summed E-state index contributed by atoms with van der Waals surface area (Å²) in [5.74, 6) is 1.49. The van der Waals surface area contributed by atoms with Crippen molar-refractivity contribution in [2.75, 3.05) is 5.75 Å². The van der Waals surface area contributed by atoms with Gasteiger partial charge in [-0.05, 0) is 42.0 Å². The Labute approximate surface area is 150 Å². The molecule has 0 saturated carbocycles. The average molecular weight is 342 g/mol. The fraction of sp³-hybridized carbons (Fsp3) is 0.381. The Morgan fingerprint density at radius 1 is 1.00 bits per heavy atom. The summed E-state index contributed by atoms with van der Waals surface area (Å²) in [4.78, 5) is 12.1. The molecule has 0 atom stereocenters. The van der Waals surface area contributed by atoms with Crippen molar-refractivity contribution < 1.29 is 4.79 Å². The largest absolute Gasteiger partial charge is 0.351 e. The third-order valence-electron chi connectivity index (χ3n) is 4.12. The van der Waals surface area contributed by atoms with E-state index in [2.05, 4.69) is 68.6 Å². The summed E-state index contributed by atoms with van der Waals surface area (Å²) in [6.45, 7) is 7.03. The molecule has 2 aromatic rings. The average Bonchev–Trinajstić information content (AvgIpc) is 2.59. The van der Waals surface area contributed by atoms with Crippen LogP contribution in [0.1, 0.15) is 41.7 Å². The molecule has 0 fully saturated rings. The molecule has 1 N–H and O–H groups in total. The van der Waals surface area contributed by atoms with Crippen LogP contribution in [0.4, 0.5) is 0 Å². The zero-order valence-electron chi connectivity index (χ0n) is 14.9. The second kappa shape index (κ2) is 9.53. The van der Waals surface area contributed by atoms with Crippen LogP contribution in [-0.2, 0) is 29.9 Å². The maximum absolute atomic E-state index is 12.1. The molecule has 128 valence electrons. The van der Waals surface area contributed by atoms with Gasteiger partial charge in [0.2, 0.25) is 5.91 Å². The molecule has 0 unspecified atom stereocenters. The first-order chi connectivity index (χ1) is 11.6. The zero-order valence-corrected chi connectivity index (χ0v) is 15.7. The standard InChI is InChI=1S/C21H27NOS/c1-4-17-9-10-19(5-2)20(12-17)13-22-21(23)15-24-14-18-8-6-7-16(3)11-18/h6-12H,4-5,13-15H2,1-3H3,(H,22,23). The summed E-state index contributed by atoms with van der Waals surface area (Å²) in [5, 5.41) is 3.06. The van der Waals surface area contributed by atoms with Crippen LogP contribution in [0.2, 0.25) is 0 Å². The molecular formula is C21H27NOS. The van der Waals surface area contributed by atoms with Gasteiger partial charge in [-0.25, -0.2) is 0 Å². The minimum atomic E-state index is 0.108. The fourth-order valence-electron chi connectivity index (χ4n) is 2.72. The van der Waals surface area contributed by atoms with Crippen molar-refractivity contribution in [1.29, 1.82) is 0 Å². The molecule has 0 bridgehead atoms. The molecule has 0 heterocycles. The summed E-state index contributed by atoms with van der Waals surface area (Å²) in [7, 11) is 0. The smallest absolute Gasteiger partial charge is 0.230 e. The molecule has 24 heavy (non-hydrogen) atoms. The minimum absolute atomic E-state index is 0.108. The second-order valence-electron chi connectivity index (χ2n) is 6.07. The number of benzene rings is 2. The number of amides is 1. The van der Waals surface area contributed by atoms with E-state index in [0.717, 1.165) is 18.6 Å². The number of nitrogens with one attached hydrogen (secondary N) is 1. The van der Waals surface area contributed by atoms with Crippen LogP contribution < -0.4 is 5.32 Å². The van der Waals surface area contributed by atoms with Crippen molar-refractivity contribution in [3.63, 3.8) is 0 Å². The first kappa shape index (κ1) is 18.6. The minimum Gasteiger partial charge on any atom is -0.351 e. The molecule has 0 aliphatic carbocycles. The number of aryl methyl sites for hydroxylation is 3. The lowest BCUT2D eigenvalue weighted by atomic mass is 10.0. The highest BCUT2D eigenvalue weighted by Gasteiger charge is 2.06. The zero-order chi connectivity index (χ0) is 17.4. The molecule has 0 aliphatic heterocycles. The maximum atomic E-state index is 12.1. The Morgan fingerprint density at radius 3 is 2.54 bits per heavy atom. The highest BCUT2D eigenvalue weighted by molar-refractivity contribution is 7.99. The predicted molar refractivity (Wildman–Crippen MR) is 104 cm³/mol. The van der Waals surface area contributed by atoms with Crippen LogP contribution in [-0.4, -0.2) is 11.7 Å².